The van der Waals surface area contributed by atoms with Gasteiger partial charge in [0.1, 0.15) is 24.0 Å². The van der Waals surface area contributed by atoms with E-state index < -0.39 is 0 Å². The van der Waals surface area contributed by atoms with Crippen LogP contribution in [-0.2, 0) is 13.0 Å². The Bertz CT molecular complexity index is 967. The van der Waals surface area contributed by atoms with Crippen LogP contribution in [0.15, 0.2) is 35.1 Å². The van der Waals surface area contributed by atoms with Gasteiger partial charge in [-0.3, -0.25) is 9.89 Å². The molecule has 0 bridgehead atoms. The number of rotatable bonds is 5. The van der Waals surface area contributed by atoms with Crippen LogP contribution in [0, 0.1) is 11.3 Å². The zero-order valence-corrected chi connectivity index (χ0v) is 13.8. The van der Waals surface area contributed by atoms with Crippen molar-refractivity contribution in [2.75, 3.05) is 0 Å². The van der Waals surface area contributed by atoms with Gasteiger partial charge >= 0.3 is 0 Å². The van der Waals surface area contributed by atoms with Crippen molar-refractivity contribution in [1.29, 1.82) is 5.26 Å². The van der Waals surface area contributed by atoms with Crippen LogP contribution < -0.4 is 10.3 Å². The number of nitrogens with zero attached hydrogens (tertiary/aromatic N) is 3. The van der Waals surface area contributed by atoms with Gasteiger partial charge in [-0.05, 0) is 30.7 Å². The van der Waals surface area contributed by atoms with E-state index in [1.165, 1.54) is 10.6 Å². The van der Waals surface area contributed by atoms with E-state index in [0.717, 1.165) is 6.42 Å². The smallest absolute Gasteiger partial charge is 0.272 e. The molecule has 0 aliphatic heterocycles. The van der Waals surface area contributed by atoms with Gasteiger partial charge in [-0.15, -0.1) is 0 Å². The highest BCUT2D eigenvalue weighted by molar-refractivity contribution is 6.30. The van der Waals surface area contributed by atoms with Crippen LogP contribution in [-0.4, -0.2) is 14.6 Å². The number of H-pyrrole nitrogens is 1. The van der Waals surface area contributed by atoms with E-state index in [2.05, 4.69) is 16.2 Å². The lowest BCUT2D eigenvalue weighted by Gasteiger charge is -2.04. The predicted octanol–water partition coefficient (Wildman–Crippen LogP) is 3.08. The van der Waals surface area contributed by atoms with Crippen LogP contribution in [0.4, 0.5) is 0 Å². The largest absolute Gasteiger partial charge is 0.487 e. The Hall–Kier alpha value is -2.78. The second-order valence-corrected chi connectivity index (χ2v) is 5.75. The summed E-state index contributed by atoms with van der Waals surface area (Å²) in [6.07, 6.45) is 1.57. The topological polar surface area (TPSA) is 83.2 Å². The number of hydrogen-bond donors (Lipinski definition) is 1. The summed E-state index contributed by atoms with van der Waals surface area (Å²) in [5.41, 5.74) is 1.61. The lowest BCUT2D eigenvalue weighted by Crippen LogP contribution is -2.15. The molecule has 0 saturated heterocycles. The molecule has 122 valence electrons. The maximum Gasteiger partial charge on any atom is 0.272 e. The Kier molecular flexibility index (Phi) is 4.54. The van der Waals surface area contributed by atoms with Gasteiger partial charge < -0.3 is 4.74 Å². The molecule has 3 aromatic rings. The summed E-state index contributed by atoms with van der Waals surface area (Å²) in [6.45, 7) is 2.13. The van der Waals surface area contributed by atoms with Crippen LogP contribution >= 0.6 is 11.6 Å². The highest BCUT2D eigenvalue weighted by Crippen LogP contribution is 2.18. The van der Waals surface area contributed by atoms with Gasteiger partial charge in [-0.1, -0.05) is 24.9 Å². The van der Waals surface area contributed by atoms with Crippen LogP contribution in [0.25, 0.3) is 5.65 Å². The standard InChI is InChI=1S/C17H15ClN4O2/c1-2-3-12-8-16(23)22-17(20-12)14(9-19)15(21-22)10-24-13-6-4-11(18)5-7-13/h4-8,21H,2-3,10H2,1H3. The maximum absolute atomic E-state index is 12.2. The van der Waals surface area contributed by atoms with E-state index in [1.807, 2.05) is 6.92 Å². The summed E-state index contributed by atoms with van der Waals surface area (Å²) in [7, 11) is 0. The lowest BCUT2D eigenvalue weighted by atomic mass is 10.2. The van der Waals surface area contributed by atoms with Gasteiger partial charge in [0.05, 0.1) is 5.69 Å². The first-order chi connectivity index (χ1) is 11.6. The maximum atomic E-state index is 12.2. The van der Waals surface area contributed by atoms with Gasteiger partial charge in [0.15, 0.2) is 5.65 Å². The van der Waals surface area contributed by atoms with Gasteiger partial charge in [-0.25, -0.2) is 4.98 Å². The molecule has 24 heavy (non-hydrogen) atoms. The van der Waals surface area contributed by atoms with Crippen molar-refractivity contribution >= 4 is 17.2 Å². The Morgan fingerprint density at radius 2 is 2.12 bits per heavy atom. The number of aromatic nitrogens is 3. The van der Waals surface area contributed by atoms with Crippen molar-refractivity contribution in [3.8, 4) is 11.8 Å². The number of aromatic amines is 1. The van der Waals surface area contributed by atoms with Crippen molar-refractivity contribution < 1.29 is 4.74 Å². The summed E-state index contributed by atoms with van der Waals surface area (Å²) >= 11 is 5.84. The summed E-state index contributed by atoms with van der Waals surface area (Å²) in [6, 6.07) is 10.5. The molecule has 0 fully saturated rings. The summed E-state index contributed by atoms with van der Waals surface area (Å²) < 4.78 is 6.93. The Morgan fingerprint density at radius 1 is 1.38 bits per heavy atom. The third-order valence-corrected chi connectivity index (χ3v) is 3.81. The summed E-state index contributed by atoms with van der Waals surface area (Å²) in [5.74, 6) is 0.619. The van der Waals surface area contributed by atoms with Crippen LogP contribution in [0.2, 0.25) is 5.02 Å². The second-order valence-electron chi connectivity index (χ2n) is 5.31. The molecule has 6 nitrogen and oxygen atoms in total. The summed E-state index contributed by atoms with van der Waals surface area (Å²) in [4.78, 5) is 16.6. The number of benzene rings is 1. The zero-order chi connectivity index (χ0) is 17.1. The molecule has 2 heterocycles. The Balaban J connectivity index is 1.96. The van der Waals surface area contributed by atoms with E-state index in [-0.39, 0.29) is 12.2 Å². The van der Waals surface area contributed by atoms with Crippen LogP contribution in [0.5, 0.6) is 5.75 Å². The van der Waals surface area contributed by atoms with Crippen molar-refractivity contribution in [1.82, 2.24) is 14.6 Å². The molecule has 0 radical (unpaired) electrons. The van der Waals surface area contributed by atoms with Gasteiger partial charge in [-0.2, -0.15) is 9.78 Å². The normalized spacial score (nSPS) is 10.7. The first-order valence-corrected chi connectivity index (χ1v) is 7.92. The minimum atomic E-state index is -0.238. The lowest BCUT2D eigenvalue weighted by molar-refractivity contribution is 0.300. The highest BCUT2D eigenvalue weighted by atomic mass is 35.5. The van der Waals surface area contributed by atoms with Crippen molar-refractivity contribution in [2.24, 2.45) is 0 Å². The van der Waals surface area contributed by atoms with E-state index in [9.17, 15) is 10.1 Å². The molecule has 0 spiro atoms. The number of aryl methyl sites for hydroxylation is 1. The average Bonchev–Trinajstić information content (AvgIpc) is 2.93. The first kappa shape index (κ1) is 16.1. The molecule has 0 amide bonds. The van der Waals surface area contributed by atoms with Crippen molar-refractivity contribution in [3.63, 3.8) is 0 Å². The van der Waals surface area contributed by atoms with Crippen molar-refractivity contribution in [2.45, 2.75) is 26.4 Å². The minimum absolute atomic E-state index is 0.121. The van der Waals surface area contributed by atoms with Crippen molar-refractivity contribution in [3.05, 3.63) is 62.7 Å². The molecule has 0 atom stereocenters. The second kappa shape index (κ2) is 6.77. The number of nitriles is 1. The molecule has 0 unspecified atom stereocenters. The molecule has 0 aliphatic rings. The zero-order valence-electron chi connectivity index (χ0n) is 13.0. The molecule has 3 rings (SSSR count). The molecular weight excluding hydrogens is 328 g/mol. The Morgan fingerprint density at radius 3 is 2.79 bits per heavy atom. The van der Waals surface area contributed by atoms with E-state index in [1.54, 1.807) is 24.3 Å². The monoisotopic (exact) mass is 342 g/mol. The van der Waals surface area contributed by atoms with Gasteiger partial charge in [0, 0.05) is 16.8 Å². The van der Waals surface area contributed by atoms with Gasteiger partial charge in [0.25, 0.3) is 5.56 Å². The van der Waals surface area contributed by atoms with Gasteiger partial charge in [0.2, 0.25) is 0 Å². The van der Waals surface area contributed by atoms with Crippen LogP contribution in [0.3, 0.4) is 0 Å². The summed E-state index contributed by atoms with van der Waals surface area (Å²) in [5, 5.41) is 13.0. The highest BCUT2D eigenvalue weighted by Gasteiger charge is 2.15. The molecule has 1 aromatic carbocycles. The molecule has 7 heteroatoms. The molecular formula is C17H15ClN4O2. The van der Waals surface area contributed by atoms with E-state index in [0.29, 0.717) is 39.8 Å². The first-order valence-electron chi connectivity index (χ1n) is 7.54. The molecule has 0 aliphatic carbocycles. The molecule has 0 saturated carbocycles. The number of nitrogens with one attached hydrogen (secondary N) is 1. The number of ether oxygens (including phenoxy) is 1. The fraction of sp³-hybridized carbons (Fsp3) is 0.235. The SMILES string of the molecule is CCCc1cc(=O)n2[nH]c(COc3ccc(Cl)cc3)c(C#N)c2n1. The van der Waals surface area contributed by atoms with E-state index >= 15 is 0 Å². The third-order valence-electron chi connectivity index (χ3n) is 3.56. The fourth-order valence-electron chi connectivity index (χ4n) is 2.42. The minimum Gasteiger partial charge on any atom is -0.487 e. The predicted molar refractivity (Wildman–Crippen MR) is 90.3 cm³/mol. The van der Waals surface area contributed by atoms with Crippen LogP contribution in [0.1, 0.15) is 30.3 Å². The average molecular weight is 343 g/mol. The van der Waals surface area contributed by atoms with E-state index in [4.69, 9.17) is 16.3 Å². The molecule has 1 N–H and O–H groups in total. The number of hydrogen-bond acceptors (Lipinski definition) is 4. The molecule has 2 aromatic heterocycles. The number of halogens is 1. The quantitative estimate of drug-likeness (QED) is 0.772. The number of fused-ring (bicyclic) bond motifs is 1. The Labute approximate surface area is 143 Å². The fourth-order valence-corrected chi connectivity index (χ4v) is 2.55. The third kappa shape index (κ3) is 3.12.